The van der Waals surface area contributed by atoms with Crippen LogP contribution in [0.1, 0.15) is 53.8 Å². The molecule has 5 aliphatic carbocycles. The van der Waals surface area contributed by atoms with Crippen molar-refractivity contribution in [3.05, 3.63) is 21.4 Å². The van der Waals surface area contributed by atoms with Crippen molar-refractivity contribution < 1.29 is 0 Å². The lowest BCUT2D eigenvalue weighted by Crippen LogP contribution is -2.54. The molecule has 0 radical (unpaired) electrons. The summed E-state index contributed by atoms with van der Waals surface area (Å²) in [6, 6.07) is 3.34. The van der Waals surface area contributed by atoms with Gasteiger partial charge in [-0.25, -0.2) is 0 Å². The van der Waals surface area contributed by atoms with Crippen molar-refractivity contribution in [2.75, 3.05) is 0 Å². The monoisotopic (exact) mass is 287 g/mol. The molecule has 0 atom stereocenters. The Labute approximate surface area is 126 Å². The minimum atomic E-state index is 0.847. The smallest absolute Gasteiger partial charge is 0.0302 e. The number of hydrogen-bond acceptors (Lipinski definition) is 2. The highest BCUT2D eigenvalue weighted by atomic mass is 32.1. The molecule has 6 rings (SSSR count). The maximum Gasteiger partial charge on any atom is 0.0302 e. The standard InChI is InChI=1S/C18H25NS/c1-2-13-9-16(20-17(13)3-1)10-19-18-14-5-11-4-12(7-14)8-15(18)6-11/h9,11-12,14-15,18-19H,1-8,10H2. The van der Waals surface area contributed by atoms with Gasteiger partial charge in [-0.3, -0.25) is 0 Å². The molecule has 1 N–H and O–H groups in total. The van der Waals surface area contributed by atoms with E-state index in [-0.39, 0.29) is 0 Å². The van der Waals surface area contributed by atoms with E-state index < -0.39 is 0 Å². The summed E-state index contributed by atoms with van der Waals surface area (Å²) in [5.41, 5.74) is 1.66. The number of rotatable bonds is 3. The Kier molecular flexibility index (Phi) is 2.80. The quantitative estimate of drug-likeness (QED) is 0.880. The Morgan fingerprint density at radius 2 is 1.75 bits per heavy atom. The van der Waals surface area contributed by atoms with E-state index in [9.17, 15) is 0 Å². The van der Waals surface area contributed by atoms with Crippen LogP contribution in [0.5, 0.6) is 0 Å². The summed E-state index contributed by atoms with van der Waals surface area (Å²) in [7, 11) is 0. The van der Waals surface area contributed by atoms with Gasteiger partial charge in [-0.05, 0) is 86.7 Å². The zero-order valence-electron chi connectivity index (χ0n) is 12.2. The van der Waals surface area contributed by atoms with Crippen LogP contribution in [0.15, 0.2) is 6.07 Å². The fourth-order valence-corrected chi connectivity index (χ4v) is 7.17. The molecule has 0 saturated heterocycles. The van der Waals surface area contributed by atoms with Crippen LogP contribution in [0, 0.1) is 23.7 Å². The van der Waals surface area contributed by atoms with Gasteiger partial charge in [-0.2, -0.15) is 0 Å². The van der Waals surface area contributed by atoms with Gasteiger partial charge in [0.2, 0.25) is 0 Å². The van der Waals surface area contributed by atoms with Crippen molar-refractivity contribution in [1.29, 1.82) is 0 Å². The molecule has 0 aliphatic heterocycles. The highest BCUT2D eigenvalue weighted by Gasteiger charge is 2.47. The van der Waals surface area contributed by atoms with Crippen molar-refractivity contribution >= 4 is 11.3 Å². The van der Waals surface area contributed by atoms with E-state index in [1.54, 1.807) is 21.7 Å². The summed E-state index contributed by atoms with van der Waals surface area (Å²) >= 11 is 2.09. The van der Waals surface area contributed by atoms with Crippen LogP contribution < -0.4 is 5.32 Å². The van der Waals surface area contributed by atoms with Gasteiger partial charge < -0.3 is 5.32 Å². The van der Waals surface area contributed by atoms with Crippen molar-refractivity contribution in [2.45, 2.75) is 64.0 Å². The van der Waals surface area contributed by atoms with Gasteiger partial charge in [0, 0.05) is 22.3 Å². The van der Waals surface area contributed by atoms with E-state index in [1.807, 2.05) is 0 Å². The van der Waals surface area contributed by atoms with Gasteiger partial charge in [0.05, 0.1) is 0 Å². The molecule has 108 valence electrons. The molecule has 1 heterocycles. The van der Waals surface area contributed by atoms with Crippen molar-refractivity contribution in [3.8, 4) is 0 Å². The van der Waals surface area contributed by atoms with Crippen LogP contribution in [0.3, 0.4) is 0 Å². The third-order valence-electron chi connectivity index (χ3n) is 6.54. The molecule has 4 saturated carbocycles. The SMILES string of the molecule is c1c(CNC2C3CC4CC(C3)CC2C4)sc2c1CCC2. The van der Waals surface area contributed by atoms with Gasteiger partial charge in [-0.1, -0.05) is 0 Å². The van der Waals surface area contributed by atoms with Crippen LogP contribution >= 0.6 is 11.3 Å². The van der Waals surface area contributed by atoms with Crippen LogP contribution in [0.4, 0.5) is 0 Å². The summed E-state index contributed by atoms with van der Waals surface area (Å²) in [6.45, 7) is 1.14. The van der Waals surface area contributed by atoms with Crippen LogP contribution in [-0.4, -0.2) is 6.04 Å². The zero-order valence-corrected chi connectivity index (χ0v) is 13.1. The predicted octanol–water partition coefficient (Wildman–Crippen LogP) is 4.15. The zero-order chi connectivity index (χ0) is 13.1. The molecule has 1 nitrogen and oxygen atoms in total. The number of hydrogen-bond donors (Lipinski definition) is 1. The molecule has 2 heteroatoms. The first-order chi connectivity index (χ1) is 9.85. The third-order valence-corrected chi connectivity index (χ3v) is 7.77. The second-order valence-electron chi connectivity index (χ2n) is 7.85. The number of aryl methyl sites for hydroxylation is 2. The van der Waals surface area contributed by atoms with Crippen LogP contribution in [0.25, 0.3) is 0 Å². The van der Waals surface area contributed by atoms with Gasteiger partial charge in [0.25, 0.3) is 0 Å². The lowest BCUT2D eigenvalue weighted by atomic mass is 9.54. The van der Waals surface area contributed by atoms with Gasteiger partial charge in [0.1, 0.15) is 0 Å². The molecule has 0 unspecified atom stereocenters. The molecular weight excluding hydrogens is 262 g/mol. The molecule has 4 bridgehead atoms. The Balaban J connectivity index is 1.27. The lowest BCUT2D eigenvalue weighted by molar-refractivity contribution is -0.0141. The van der Waals surface area contributed by atoms with Gasteiger partial charge in [0.15, 0.2) is 0 Å². The largest absolute Gasteiger partial charge is 0.309 e. The first-order valence-corrected chi connectivity index (χ1v) is 9.50. The molecule has 0 amide bonds. The van der Waals surface area contributed by atoms with E-state index in [0.29, 0.717) is 0 Å². The maximum atomic E-state index is 3.98. The topological polar surface area (TPSA) is 12.0 Å². The second kappa shape index (κ2) is 4.58. The third kappa shape index (κ3) is 1.91. The average molecular weight is 287 g/mol. The molecule has 0 aromatic carbocycles. The van der Waals surface area contributed by atoms with Crippen LogP contribution in [0.2, 0.25) is 0 Å². The van der Waals surface area contributed by atoms with E-state index in [1.165, 1.54) is 44.9 Å². The second-order valence-corrected chi connectivity index (χ2v) is 9.07. The summed E-state index contributed by atoms with van der Waals surface area (Å²) in [4.78, 5) is 3.29. The fourth-order valence-electron chi connectivity index (χ4n) is 5.95. The van der Waals surface area contributed by atoms with Crippen LogP contribution in [-0.2, 0) is 19.4 Å². The molecule has 1 aromatic heterocycles. The summed E-state index contributed by atoms with van der Waals surface area (Å²) in [6.07, 6.45) is 11.8. The molecule has 20 heavy (non-hydrogen) atoms. The summed E-state index contributed by atoms with van der Waals surface area (Å²) in [5.74, 6) is 4.22. The minimum Gasteiger partial charge on any atom is -0.309 e. The van der Waals surface area contributed by atoms with Crippen molar-refractivity contribution in [2.24, 2.45) is 23.7 Å². The first kappa shape index (κ1) is 12.2. The molecule has 4 fully saturated rings. The van der Waals surface area contributed by atoms with E-state index in [2.05, 4.69) is 22.7 Å². The summed E-state index contributed by atoms with van der Waals surface area (Å²) in [5, 5.41) is 3.98. The number of nitrogens with one attached hydrogen (secondary N) is 1. The Morgan fingerprint density at radius 1 is 1.00 bits per heavy atom. The fraction of sp³-hybridized carbons (Fsp3) is 0.778. The highest BCUT2D eigenvalue weighted by Crippen LogP contribution is 2.53. The van der Waals surface area contributed by atoms with Crippen molar-refractivity contribution in [1.82, 2.24) is 5.32 Å². The van der Waals surface area contributed by atoms with E-state index >= 15 is 0 Å². The molecular formula is C18H25NS. The highest BCUT2D eigenvalue weighted by molar-refractivity contribution is 7.12. The van der Waals surface area contributed by atoms with E-state index in [0.717, 1.165) is 36.3 Å². The van der Waals surface area contributed by atoms with Crippen molar-refractivity contribution in [3.63, 3.8) is 0 Å². The number of thiophene rings is 1. The Morgan fingerprint density at radius 3 is 2.45 bits per heavy atom. The summed E-state index contributed by atoms with van der Waals surface area (Å²) < 4.78 is 0. The van der Waals surface area contributed by atoms with E-state index in [4.69, 9.17) is 0 Å². The number of fused-ring (bicyclic) bond motifs is 1. The van der Waals surface area contributed by atoms with Gasteiger partial charge in [-0.15, -0.1) is 11.3 Å². The maximum absolute atomic E-state index is 3.98. The molecule has 5 aliphatic rings. The average Bonchev–Trinajstić information content (AvgIpc) is 2.97. The Bertz CT molecular complexity index is 468. The lowest BCUT2D eigenvalue weighted by Gasteiger charge is -2.54. The predicted molar refractivity (Wildman–Crippen MR) is 84.0 cm³/mol. The Hall–Kier alpha value is -0.340. The van der Waals surface area contributed by atoms with Gasteiger partial charge >= 0.3 is 0 Å². The molecule has 0 spiro atoms. The normalized spacial score (nSPS) is 41.3. The minimum absolute atomic E-state index is 0.847. The first-order valence-electron chi connectivity index (χ1n) is 8.69. The molecule has 1 aromatic rings.